The second-order valence-electron chi connectivity index (χ2n) is 9.18. The van der Waals surface area contributed by atoms with Gasteiger partial charge in [-0.2, -0.15) is 0 Å². The Balaban J connectivity index is 2.58. The molecule has 172 valence electrons. The molecule has 0 unspecified atom stereocenters. The van der Waals surface area contributed by atoms with Crippen LogP contribution in [0.2, 0.25) is 0 Å². The Kier molecular flexibility index (Phi) is 9.76. The maximum absolute atomic E-state index is 12.4. The van der Waals surface area contributed by atoms with Crippen LogP contribution in [0, 0.1) is 18.8 Å². The van der Waals surface area contributed by atoms with Gasteiger partial charge in [-0.3, -0.25) is 4.79 Å². The average Bonchev–Trinajstić information content (AvgIpc) is 2.62. The molecule has 0 atom stereocenters. The largest absolute Gasteiger partial charge is 0.444 e. The Morgan fingerprint density at radius 1 is 1.23 bits per heavy atom. The molecular weight excluding hydrogens is 394 g/mol. The van der Waals surface area contributed by atoms with E-state index in [4.69, 9.17) is 4.74 Å². The fourth-order valence-corrected chi connectivity index (χ4v) is 2.75. The van der Waals surface area contributed by atoms with E-state index in [0.29, 0.717) is 18.8 Å². The summed E-state index contributed by atoms with van der Waals surface area (Å²) in [7, 11) is 1.65. The Hall–Kier alpha value is -2.82. The van der Waals surface area contributed by atoms with E-state index in [9.17, 15) is 9.59 Å². The van der Waals surface area contributed by atoms with E-state index in [1.165, 1.54) is 4.90 Å². The molecule has 0 saturated heterocycles. The molecule has 0 fully saturated rings. The highest BCUT2D eigenvalue weighted by molar-refractivity contribution is 5.77. The number of nitrogens with zero attached hydrogens (tertiary/aromatic N) is 3. The van der Waals surface area contributed by atoms with Crippen molar-refractivity contribution in [3.05, 3.63) is 17.6 Å². The predicted octanol–water partition coefficient (Wildman–Crippen LogP) is 3.50. The molecule has 1 rings (SSSR count). The number of aryl methyl sites for hydroxylation is 1. The van der Waals surface area contributed by atoms with Gasteiger partial charge in [0.1, 0.15) is 17.2 Å². The molecule has 8 nitrogen and oxygen atoms in total. The van der Waals surface area contributed by atoms with Crippen molar-refractivity contribution in [2.75, 3.05) is 25.5 Å². The zero-order valence-electron chi connectivity index (χ0n) is 20.2. The summed E-state index contributed by atoms with van der Waals surface area (Å²) < 4.78 is 5.35. The van der Waals surface area contributed by atoms with E-state index in [-0.39, 0.29) is 12.3 Å². The third-order valence-electron chi connectivity index (χ3n) is 3.97. The molecule has 0 radical (unpaired) electrons. The zero-order chi connectivity index (χ0) is 23.7. The fraction of sp³-hybridized carbons (Fsp3) is 0.652. The third-order valence-corrected chi connectivity index (χ3v) is 3.97. The lowest BCUT2D eigenvalue weighted by Gasteiger charge is -2.32. The SMILES string of the molecule is CCCNc1nc(C)ncc1C#CCCC(=O)NC(C)(C)CN(C)C(=O)OC(C)(C)C. The van der Waals surface area contributed by atoms with Crippen LogP contribution < -0.4 is 10.6 Å². The summed E-state index contributed by atoms with van der Waals surface area (Å²) in [6, 6.07) is 0. The quantitative estimate of drug-likeness (QED) is 0.612. The van der Waals surface area contributed by atoms with Crippen LogP contribution in [0.5, 0.6) is 0 Å². The van der Waals surface area contributed by atoms with Crippen LogP contribution in [0.1, 0.15) is 72.2 Å². The number of hydrogen-bond acceptors (Lipinski definition) is 6. The van der Waals surface area contributed by atoms with Crippen LogP contribution in [0.4, 0.5) is 10.6 Å². The van der Waals surface area contributed by atoms with Gasteiger partial charge in [-0.05, 0) is 48.0 Å². The summed E-state index contributed by atoms with van der Waals surface area (Å²) in [5.41, 5.74) is -0.442. The summed E-state index contributed by atoms with van der Waals surface area (Å²) in [5, 5.41) is 6.21. The van der Waals surface area contributed by atoms with Gasteiger partial charge >= 0.3 is 6.09 Å². The molecule has 8 heteroatoms. The molecule has 1 aromatic rings. The van der Waals surface area contributed by atoms with Crippen LogP contribution >= 0.6 is 0 Å². The number of hydrogen-bond donors (Lipinski definition) is 2. The highest BCUT2D eigenvalue weighted by atomic mass is 16.6. The van der Waals surface area contributed by atoms with Crippen LogP contribution in [0.25, 0.3) is 0 Å². The molecule has 31 heavy (non-hydrogen) atoms. The summed E-state index contributed by atoms with van der Waals surface area (Å²) in [6.07, 6.45) is 2.92. The minimum atomic E-state index is -0.599. The predicted molar refractivity (Wildman–Crippen MR) is 123 cm³/mol. The van der Waals surface area contributed by atoms with Crippen molar-refractivity contribution in [3.8, 4) is 11.8 Å². The first-order chi connectivity index (χ1) is 14.3. The minimum Gasteiger partial charge on any atom is -0.444 e. The van der Waals surface area contributed by atoms with Gasteiger partial charge in [0.25, 0.3) is 0 Å². The molecule has 0 aliphatic rings. The van der Waals surface area contributed by atoms with E-state index in [1.807, 2.05) is 41.5 Å². The highest BCUT2D eigenvalue weighted by Gasteiger charge is 2.27. The third kappa shape index (κ3) is 10.7. The lowest BCUT2D eigenvalue weighted by atomic mass is 10.0. The second kappa shape index (κ2) is 11.5. The molecule has 0 aliphatic carbocycles. The van der Waals surface area contributed by atoms with Gasteiger partial charge in [-0.15, -0.1) is 0 Å². The van der Waals surface area contributed by atoms with Crippen molar-refractivity contribution in [2.24, 2.45) is 0 Å². The van der Waals surface area contributed by atoms with E-state index in [1.54, 1.807) is 13.2 Å². The van der Waals surface area contributed by atoms with Crippen molar-refractivity contribution >= 4 is 17.8 Å². The molecule has 2 N–H and O–H groups in total. The second-order valence-corrected chi connectivity index (χ2v) is 9.18. The number of aromatic nitrogens is 2. The van der Waals surface area contributed by atoms with Gasteiger partial charge < -0.3 is 20.3 Å². The summed E-state index contributed by atoms with van der Waals surface area (Å²) in [5.74, 6) is 7.35. The van der Waals surface area contributed by atoms with E-state index in [2.05, 4.69) is 39.4 Å². The lowest BCUT2D eigenvalue weighted by molar-refractivity contribution is -0.122. The average molecular weight is 432 g/mol. The number of ether oxygens (including phenoxy) is 1. The number of rotatable bonds is 8. The topological polar surface area (TPSA) is 96.5 Å². The molecule has 0 bridgehead atoms. The monoisotopic (exact) mass is 431 g/mol. The Labute approximate surface area is 186 Å². The molecule has 0 spiro atoms. The molecule has 0 saturated carbocycles. The van der Waals surface area contributed by atoms with Gasteiger partial charge in [0.2, 0.25) is 5.91 Å². The standard InChI is InChI=1S/C23H37N5O3/c1-9-14-24-20-18(15-25-17(2)26-20)12-10-11-13-19(29)27-23(6,7)16-28(8)21(30)31-22(3,4)5/h15H,9,11,13-14,16H2,1-8H3,(H,27,29)(H,24,25,26). The first-order valence-corrected chi connectivity index (χ1v) is 10.6. The zero-order valence-corrected chi connectivity index (χ0v) is 20.2. The number of anilines is 1. The Morgan fingerprint density at radius 3 is 2.52 bits per heavy atom. The van der Waals surface area contributed by atoms with Crippen molar-refractivity contribution in [1.82, 2.24) is 20.2 Å². The molecule has 0 aromatic carbocycles. The number of amides is 2. The summed E-state index contributed by atoms with van der Waals surface area (Å²) >= 11 is 0. The first-order valence-electron chi connectivity index (χ1n) is 10.6. The number of carbonyl (C=O) groups excluding carboxylic acids is 2. The number of nitrogens with one attached hydrogen (secondary N) is 2. The summed E-state index contributed by atoms with van der Waals surface area (Å²) in [6.45, 7) is 14.2. The highest BCUT2D eigenvalue weighted by Crippen LogP contribution is 2.13. The van der Waals surface area contributed by atoms with Crippen molar-refractivity contribution < 1.29 is 14.3 Å². The maximum atomic E-state index is 12.4. The van der Waals surface area contributed by atoms with Gasteiger partial charge in [-0.1, -0.05) is 18.8 Å². The van der Waals surface area contributed by atoms with Gasteiger partial charge in [0.05, 0.1) is 11.1 Å². The van der Waals surface area contributed by atoms with Crippen LogP contribution in [-0.2, 0) is 9.53 Å². The first kappa shape index (κ1) is 26.2. The minimum absolute atomic E-state index is 0.124. The van der Waals surface area contributed by atoms with Crippen LogP contribution in [-0.4, -0.2) is 58.1 Å². The molecule has 1 heterocycles. The summed E-state index contributed by atoms with van der Waals surface area (Å²) in [4.78, 5) is 34.5. The smallest absolute Gasteiger partial charge is 0.410 e. The molecular formula is C23H37N5O3. The van der Waals surface area contributed by atoms with E-state index in [0.717, 1.165) is 24.3 Å². The number of carbonyl (C=O) groups is 2. The van der Waals surface area contributed by atoms with E-state index < -0.39 is 17.2 Å². The molecule has 1 aromatic heterocycles. The Bertz CT molecular complexity index is 819. The van der Waals surface area contributed by atoms with Gasteiger partial charge in [0.15, 0.2) is 0 Å². The number of likely N-dealkylation sites (N-methyl/N-ethyl adjacent to an activating group) is 1. The maximum Gasteiger partial charge on any atom is 0.410 e. The fourth-order valence-electron chi connectivity index (χ4n) is 2.75. The van der Waals surface area contributed by atoms with E-state index >= 15 is 0 Å². The van der Waals surface area contributed by atoms with Crippen LogP contribution in [0.3, 0.4) is 0 Å². The van der Waals surface area contributed by atoms with Crippen molar-refractivity contribution in [3.63, 3.8) is 0 Å². The molecule has 0 aliphatic heterocycles. The Morgan fingerprint density at radius 2 is 1.90 bits per heavy atom. The van der Waals surface area contributed by atoms with Gasteiger partial charge in [-0.25, -0.2) is 14.8 Å². The lowest BCUT2D eigenvalue weighted by Crippen LogP contribution is -2.52. The van der Waals surface area contributed by atoms with Crippen LogP contribution in [0.15, 0.2) is 6.20 Å². The van der Waals surface area contributed by atoms with Crippen molar-refractivity contribution in [2.45, 2.75) is 78.9 Å². The van der Waals surface area contributed by atoms with Crippen molar-refractivity contribution in [1.29, 1.82) is 0 Å². The van der Waals surface area contributed by atoms with Gasteiger partial charge in [0, 0.05) is 39.2 Å². The normalized spacial score (nSPS) is 11.2. The molecule has 2 amide bonds.